The highest BCUT2D eigenvalue weighted by molar-refractivity contribution is 7.10. The van der Waals surface area contributed by atoms with Crippen LogP contribution in [0.2, 0.25) is 0 Å². The predicted molar refractivity (Wildman–Crippen MR) is 48.3 cm³/mol. The highest BCUT2D eigenvalue weighted by Gasteiger charge is 2.23. The van der Waals surface area contributed by atoms with Gasteiger partial charge < -0.3 is 10.6 Å². The molecule has 64 valence electrons. The van der Waals surface area contributed by atoms with Crippen LogP contribution in [0.5, 0.6) is 0 Å². The van der Waals surface area contributed by atoms with Crippen LogP contribution in [0.4, 0.5) is 4.79 Å². The lowest BCUT2D eigenvalue weighted by molar-refractivity contribution is 0.247. The van der Waals surface area contributed by atoms with E-state index in [1.165, 1.54) is 10.4 Å². The normalized spacial score (nSPS) is 22.1. The number of rotatable bonds is 1. The van der Waals surface area contributed by atoms with Crippen molar-refractivity contribution in [1.29, 1.82) is 0 Å². The zero-order valence-corrected chi connectivity index (χ0v) is 7.57. The van der Waals surface area contributed by atoms with Gasteiger partial charge in [0.25, 0.3) is 0 Å². The van der Waals surface area contributed by atoms with E-state index in [0.717, 1.165) is 0 Å². The van der Waals surface area contributed by atoms with Gasteiger partial charge in [-0.1, -0.05) is 0 Å². The number of thiophene rings is 1. The molecular formula is C8H10N2OS. The molecule has 2 amide bonds. The highest BCUT2D eigenvalue weighted by Crippen LogP contribution is 2.24. The van der Waals surface area contributed by atoms with Crippen molar-refractivity contribution in [3.63, 3.8) is 0 Å². The zero-order valence-electron chi connectivity index (χ0n) is 6.76. The van der Waals surface area contributed by atoms with Crippen LogP contribution in [0.3, 0.4) is 0 Å². The molecule has 1 aliphatic heterocycles. The van der Waals surface area contributed by atoms with Gasteiger partial charge in [0.2, 0.25) is 0 Å². The minimum absolute atomic E-state index is 0.0622. The molecule has 2 N–H and O–H groups in total. The standard InChI is InChI=1S/C8H10N2OS/c1-5-2-3-12-7(5)6-4-9-8(11)10-6/h2-3,6H,4H2,1H3,(H2,9,10,11)/t6-/m0/s1. The molecule has 2 heterocycles. The molecule has 0 unspecified atom stereocenters. The van der Waals surface area contributed by atoms with E-state index in [9.17, 15) is 4.79 Å². The van der Waals surface area contributed by atoms with Crippen molar-refractivity contribution in [3.8, 4) is 0 Å². The summed E-state index contributed by atoms with van der Waals surface area (Å²) in [6, 6.07) is 2.19. The van der Waals surface area contributed by atoms with Crippen LogP contribution in [0, 0.1) is 6.92 Å². The van der Waals surface area contributed by atoms with Crippen molar-refractivity contribution in [2.24, 2.45) is 0 Å². The molecule has 1 fully saturated rings. The minimum atomic E-state index is -0.0622. The summed E-state index contributed by atoms with van der Waals surface area (Å²) in [6.07, 6.45) is 0. The summed E-state index contributed by atoms with van der Waals surface area (Å²) in [6.45, 7) is 2.77. The third kappa shape index (κ3) is 1.18. The monoisotopic (exact) mass is 182 g/mol. The number of nitrogens with one attached hydrogen (secondary N) is 2. The van der Waals surface area contributed by atoms with E-state index < -0.39 is 0 Å². The van der Waals surface area contributed by atoms with Gasteiger partial charge in [-0.25, -0.2) is 4.79 Å². The molecule has 2 rings (SSSR count). The maximum absolute atomic E-state index is 10.8. The lowest BCUT2D eigenvalue weighted by Crippen LogP contribution is -2.21. The molecule has 3 nitrogen and oxygen atoms in total. The first-order valence-corrected chi connectivity index (χ1v) is 4.73. The third-order valence-corrected chi connectivity index (χ3v) is 3.12. The largest absolute Gasteiger partial charge is 0.336 e. The first-order valence-electron chi connectivity index (χ1n) is 3.86. The Labute approximate surface area is 74.8 Å². The molecule has 1 saturated heterocycles. The molecule has 4 heteroatoms. The van der Waals surface area contributed by atoms with Gasteiger partial charge in [0, 0.05) is 11.4 Å². The van der Waals surface area contributed by atoms with E-state index in [-0.39, 0.29) is 12.1 Å². The maximum Gasteiger partial charge on any atom is 0.315 e. The number of hydrogen-bond acceptors (Lipinski definition) is 2. The van der Waals surface area contributed by atoms with E-state index in [4.69, 9.17) is 0 Å². The van der Waals surface area contributed by atoms with Crippen LogP contribution in [-0.2, 0) is 0 Å². The van der Waals surface area contributed by atoms with E-state index in [1.807, 2.05) is 0 Å². The third-order valence-electron chi connectivity index (χ3n) is 1.99. The number of carbonyl (C=O) groups excluding carboxylic acids is 1. The molecule has 0 saturated carbocycles. The molecule has 0 aromatic carbocycles. The second kappa shape index (κ2) is 2.79. The number of hydrogen-bond donors (Lipinski definition) is 2. The molecule has 1 aromatic rings. The average molecular weight is 182 g/mol. The first-order chi connectivity index (χ1) is 5.77. The number of aryl methyl sites for hydroxylation is 1. The Morgan fingerprint density at radius 2 is 2.50 bits per heavy atom. The van der Waals surface area contributed by atoms with E-state index in [2.05, 4.69) is 29.0 Å². The topological polar surface area (TPSA) is 41.1 Å². The Kier molecular flexibility index (Phi) is 1.77. The van der Waals surface area contributed by atoms with Crippen LogP contribution in [-0.4, -0.2) is 12.6 Å². The number of urea groups is 1. The molecule has 1 atom stereocenters. The van der Waals surface area contributed by atoms with E-state index in [1.54, 1.807) is 11.3 Å². The van der Waals surface area contributed by atoms with Crippen LogP contribution in [0.1, 0.15) is 16.5 Å². The van der Waals surface area contributed by atoms with Crippen molar-refractivity contribution in [1.82, 2.24) is 10.6 Å². The number of carbonyl (C=O) groups is 1. The molecule has 0 aliphatic carbocycles. The summed E-state index contributed by atoms with van der Waals surface area (Å²) < 4.78 is 0. The lowest BCUT2D eigenvalue weighted by atomic mass is 10.2. The van der Waals surface area contributed by atoms with Crippen molar-refractivity contribution < 1.29 is 4.79 Å². The fraction of sp³-hybridized carbons (Fsp3) is 0.375. The van der Waals surface area contributed by atoms with Gasteiger partial charge in [-0.2, -0.15) is 0 Å². The molecule has 1 aliphatic rings. The van der Waals surface area contributed by atoms with Gasteiger partial charge in [0.15, 0.2) is 0 Å². The highest BCUT2D eigenvalue weighted by atomic mass is 32.1. The van der Waals surface area contributed by atoms with Gasteiger partial charge in [0.1, 0.15) is 0 Å². The fourth-order valence-electron chi connectivity index (χ4n) is 1.35. The summed E-state index contributed by atoms with van der Waals surface area (Å²) in [5.41, 5.74) is 1.26. The minimum Gasteiger partial charge on any atom is -0.336 e. The Bertz CT molecular complexity index is 308. The summed E-state index contributed by atoms with van der Waals surface area (Å²) in [5.74, 6) is 0. The summed E-state index contributed by atoms with van der Waals surface area (Å²) in [4.78, 5) is 12.1. The summed E-state index contributed by atoms with van der Waals surface area (Å²) in [7, 11) is 0. The van der Waals surface area contributed by atoms with Crippen molar-refractivity contribution in [2.45, 2.75) is 13.0 Å². The van der Waals surface area contributed by atoms with Gasteiger partial charge in [0.05, 0.1) is 6.04 Å². The Hall–Kier alpha value is -1.03. The van der Waals surface area contributed by atoms with Crippen LogP contribution in [0.25, 0.3) is 0 Å². The van der Waals surface area contributed by atoms with E-state index >= 15 is 0 Å². The second-order valence-corrected chi connectivity index (χ2v) is 3.82. The van der Waals surface area contributed by atoms with Gasteiger partial charge >= 0.3 is 6.03 Å². The number of amides is 2. The predicted octanol–water partition coefficient (Wildman–Crippen LogP) is 1.41. The molecule has 0 bridgehead atoms. The first kappa shape index (κ1) is 7.61. The Morgan fingerprint density at radius 1 is 1.67 bits per heavy atom. The van der Waals surface area contributed by atoms with Gasteiger partial charge in [-0.3, -0.25) is 0 Å². The molecular weight excluding hydrogens is 172 g/mol. The summed E-state index contributed by atoms with van der Waals surface area (Å²) in [5, 5.41) is 7.65. The lowest BCUT2D eigenvalue weighted by Gasteiger charge is -2.06. The van der Waals surface area contributed by atoms with Crippen molar-refractivity contribution in [3.05, 3.63) is 21.9 Å². The van der Waals surface area contributed by atoms with Gasteiger partial charge in [-0.15, -0.1) is 11.3 Å². The molecule has 12 heavy (non-hydrogen) atoms. The van der Waals surface area contributed by atoms with E-state index in [0.29, 0.717) is 6.54 Å². The smallest absolute Gasteiger partial charge is 0.315 e. The fourth-order valence-corrected chi connectivity index (χ4v) is 2.33. The van der Waals surface area contributed by atoms with Crippen molar-refractivity contribution >= 4 is 17.4 Å². The second-order valence-electron chi connectivity index (χ2n) is 2.87. The van der Waals surface area contributed by atoms with Crippen molar-refractivity contribution in [2.75, 3.05) is 6.54 Å². The Balaban J connectivity index is 2.21. The quantitative estimate of drug-likeness (QED) is 0.677. The zero-order chi connectivity index (χ0) is 8.55. The maximum atomic E-state index is 10.8. The summed E-state index contributed by atoms with van der Waals surface area (Å²) >= 11 is 1.69. The SMILES string of the molecule is Cc1ccsc1[C@@H]1CNC(=O)N1. The Morgan fingerprint density at radius 3 is 3.00 bits per heavy atom. The molecule has 0 radical (unpaired) electrons. The van der Waals surface area contributed by atoms with Crippen LogP contribution < -0.4 is 10.6 Å². The van der Waals surface area contributed by atoms with Crippen LogP contribution in [0.15, 0.2) is 11.4 Å². The van der Waals surface area contributed by atoms with Crippen LogP contribution >= 0.6 is 11.3 Å². The molecule has 0 spiro atoms. The molecule has 1 aromatic heterocycles. The average Bonchev–Trinajstić information content (AvgIpc) is 2.58. The van der Waals surface area contributed by atoms with Gasteiger partial charge in [-0.05, 0) is 23.9 Å².